The number of aromatic nitrogens is 2. The summed E-state index contributed by atoms with van der Waals surface area (Å²) in [5, 5.41) is 4.34. The maximum atomic E-state index is 6.12. The first-order chi connectivity index (χ1) is 7.74. The molecule has 2 heterocycles. The lowest BCUT2D eigenvalue weighted by molar-refractivity contribution is 0.00742. The molecule has 90 valence electrons. The number of aryl methyl sites for hydroxylation is 1. The van der Waals surface area contributed by atoms with Gasteiger partial charge in [-0.3, -0.25) is 4.68 Å². The van der Waals surface area contributed by atoms with Gasteiger partial charge in [-0.25, -0.2) is 0 Å². The van der Waals surface area contributed by atoms with Gasteiger partial charge in [0.15, 0.2) is 0 Å². The maximum Gasteiger partial charge on any atom is 0.0639 e. The predicted octanol–water partition coefficient (Wildman–Crippen LogP) is 1.25. The molecule has 2 rings (SSSR count). The zero-order valence-electron chi connectivity index (χ0n) is 9.93. The average molecular weight is 223 g/mol. The summed E-state index contributed by atoms with van der Waals surface area (Å²) in [6.45, 7) is 0.904. The Hall–Kier alpha value is -0.870. The van der Waals surface area contributed by atoms with Crippen LogP contribution in [0.25, 0.3) is 0 Å². The quantitative estimate of drug-likeness (QED) is 0.835. The van der Waals surface area contributed by atoms with E-state index in [1.165, 1.54) is 12.8 Å². The molecule has 0 bridgehead atoms. The summed E-state index contributed by atoms with van der Waals surface area (Å²) in [6, 6.07) is 2.19. The first-order valence-corrected chi connectivity index (χ1v) is 6.10. The van der Waals surface area contributed by atoms with Crippen molar-refractivity contribution in [3.63, 3.8) is 0 Å². The van der Waals surface area contributed by atoms with Gasteiger partial charge in [0.25, 0.3) is 0 Å². The minimum atomic E-state index is 0.165. The molecular weight excluding hydrogens is 202 g/mol. The average Bonchev–Trinajstić information content (AvgIpc) is 2.65. The normalized spacial score (nSPS) is 23.2. The Morgan fingerprint density at radius 2 is 2.50 bits per heavy atom. The van der Waals surface area contributed by atoms with Crippen molar-refractivity contribution in [3.8, 4) is 0 Å². The fourth-order valence-electron chi connectivity index (χ4n) is 2.25. The molecule has 1 fully saturated rings. The number of rotatable bonds is 4. The van der Waals surface area contributed by atoms with Crippen molar-refractivity contribution in [1.82, 2.24) is 9.78 Å². The Balaban J connectivity index is 1.77. The Labute approximate surface area is 96.8 Å². The zero-order valence-corrected chi connectivity index (χ0v) is 9.93. The number of hydrogen-bond donors (Lipinski definition) is 1. The van der Waals surface area contributed by atoms with Gasteiger partial charge in [0.2, 0.25) is 0 Å². The second kappa shape index (κ2) is 5.46. The summed E-state index contributed by atoms with van der Waals surface area (Å²) in [6.07, 6.45) is 7.77. The molecule has 4 nitrogen and oxygen atoms in total. The van der Waals surface area contributed by atoms with Gasteiger partial charge in [0.1, 0.15) is 0 Å². The summed E-state index contributed by atoms with van der Waals surface area (Å²) >= 11 is 0. The molecule has 2 N–H and O–H groups in total. The van der Waals surface area contributed by atoms with Gasteiger partial charge in [-0.05, 0) is 31.7 Å². The molecule has 0 radical (unpaired) electrons. The van der Waals surface area contributed by atoms with Crippen molar-refractivity contribution >= 4 is 0 Å². The van der Waals surface area contributed by atoms with E-state index in [-0.39, 0.29) is 6.04 Å². The van der Waals surface area contributed by atoms with E-state index in [1.54, 1.807) is 0 Å². The molecule has 1 aromatic rings. The van der Waals surface area contributed by atoms with Crippen LogP contribution in [-0.4, -0.2) is 28.5 Å². The van der Waals surface area contributed by atoms with E-state index in [9.17, 15) is 0 Å². The number of nitrogens with two attached hydrogens (primary N) is 1. The Morgan fingerprint density at radius 1 is 1.62 bits per heavy atom. The highest BCUT2D eigenvalue weighted by Crippen LogP contribution is 2.17. The highest BCUT2D eigenvalue weighted by Gasteiger charge is 2.17. The lowest BCUT2D eigenvalue weighted by Crippen LogP contribution is -2.31. The third kappa shape index (κ3) is 3.32. The molecule has 0 aliphatic carbocycles. The van der Waals surface area contributed by atoms with Crippen LogP contribution >= 0.6 is 0 Å². The molecule has 2 atom stereocenters. The van der Waals surface area contributed by atoms with Crippen LogP contribution in [0, 0.1) is 0 Å². The molecule has 1 aliphatic rings. The van der Waals surface area contributed by atoms with Gasteiger partial charge in [-0.1, -0.05) is 0 Å². The highest BCUT2D eigenvalue weighted by atomic mass is 16.5. The predicted molar refractivity (Wildman–Crippen MR) is 63.1 cm³/mol. The second-order valence-electron chi connectivity index (χ2n) is 4.67. The van der Waals surface area contributed by atoms with Crippen LogP contribution in [0.3, 0.4) is 0 Å². The molecule has 2 unspecified atom stereocenters. The van der Waals surface area contributed by atoms with Gasteiger partial charge in [0, 0.05) is 32.3 Å². The van der Waals surface area contributed by atoms with Gasteiger partial charge in [-0.15, -0.1) is 0 Å². The number of ether oxygens (including phenoxy) is 1. The number of nitrogens with zero attached hydrogens (tertiary/aromatic N) is 2. The molecule has 0 spiro atoms. The van der Waals surface area contributed by atoms with E-state index in [1.807, 2.05) is 24.0 Å². The van der Waals surface area contributed by atoms with Crippen molar-refractivity contribution in [2.45, 2.75) is 44.2 Å². The van der Waals surface area contributed by atoms with Crippen LogP contribution in [0.4, 0.5) is 0 Å². The van der Waals surface area contributed by atoms with Crippen LogP contribution in [0.1, 0.15) is 31.4 Å². The minimum absolute atomic E-state index is 0.165. The van der Waals surface area contributed by atoms with Crippen LogP contribution in [0.15, 0.2) is 12.3 Å². The van der Waals surface area contributed by atoms with Crippen LogP contribution in [0.5, 0.6) is 0 Å². The van der Waals surface area contributed by atoms with Gasteiger partial charge >= 0.3 is 0 Å². The molecule has 0 saturated carbocycles. The monoisotopic (exact) mass is 223 g/mol. The molecular formula is C12H21N3O. The first kappa shape index (κ1) is 11.6. The fourth-order valence-corrected chi connectivity index (χ4v) is 2.25. The SMILES string of the molecule is Cn1ccc(CC(N)CC2CCCCO2)n1. The third-order valence-corrected chi connectivity index (χ3v) is 3.08. The van der Waals surface area contributed by atoms with E-state index in [0.29, 0.717) is 6.10 Å². The van der Waals surface area contributed by atoms with Gasteiger partial charge < -0.3 is 10.5 Å². The second-order valence-corrected chi connectivity index (χ2v) is 4.67. The summed E-state index contributed by atoms with van der Waals surface area (Å²) in [5.41, 5.74) is 7.19. The number of hydrogen-bond acceptors (Lipinski definition) is 3. The molecule has 16 heavy (non-hydrogen) atoms. The van der Waals surface area contributed by atoms with Crippen molar-refractivity contribution < 1.29 is 4.74 Å². The highest BCUT2D eigenvalue weighted by molar-refractivity contribution is 5.01. The van der Waals surface area contributed by atoms with E-state index in [2.05, 4.69) is 5.10 Å². The van der Waals surface area contributed by atoms with E-state index >= 15 is 0 Å². The third-order valence-electron chi connectivity index (χ3n) is 3.08. The summed E-state index contributed by atoms with van der Waals surface area (Å²) in [4.78, 5) is 0. The molecule has 1 aliphatic heterocycles. The van der Waals surface area contributed by atoms with Crippen molar-refractivity contribution in [2.24, 2.45) is 12.8 Å². The topological polar surface area (TPSA) is 53.1 Å². The first-order valence-electron chi connectivity index (χ1n) is 6.10. The Morgan fingerprint density at radius 3 is 3.12 bits per heavy atom. The zero-order chi connectivity index (χ0) is 11.4. The molecule has 0 amide bonds. The summed E-state index contributed by atoms with van der Waals surface area (Å²) < 4.78 is 7.50. The summed E-state index contributed by atoms with van der Waals surface area (Å²) in [7, 11) is 1.93. The van der Waals surface area contributed by atoms with Crippen molar-refractivity contribution in [3.05, 3.63) is 18.0 Å². The van der Waals surface area contributed by atoms with Crippen LogP contribution in [-0.2, 0) is 18.2 Å². The van der Waals surface area contributed by atoms with Gasteiger partial charge in [-0.2, -0.15) is 5.10 Å². The van der Waals surface area contributed by atoms with Crippen molar-refractivity contribution in [1.29, 1.82) is 0 Å². The lowest BCUT2D eigenvalue weighted by Gasteiger charge is -2.24. The van der Waals surface area contributed by atoms with E-state index < -0.39 is 0 Å². The molecule has 0 aromatic carbocycles. The van der Waals surface area contributed by atoms with E-state index in [0.717, 1.165) is 31.6 Å². The van der Waals surface area contributed by atoms with Gasteiger partial charge in [0.05, 0.1) is 11.8 Å². The molecule has 1 saturated heterocycles. The lowest BCUT2D eigenvalue weighted by atomic mass is 9.99. The van der Waals surface area contributed by atoms with Crippen molar-refractivity contribution in [2.75, 3.05) is 6.61 Å². The Kier molecular flexibility index (Phi) is 3.96. The fraction of sp³-hybridized carbons (Fsp3) is 0.750. The standard InChI is InChI=1S/C12H21N3O/c1-15-6-5-11(14-15)8-10(13)9-12-4-2-3-7-16-12/h5-6,10,12H,2-4,7-9,13H2,1H3. The molecule has 4 heteroatoms. The molecule has 1 aromatic heterocycles. The smallest absolute Gasteiger partial charge is 0.0639 e. The van der Waals surface area contributed by atoms with Crippen LogP contribution < -0.4 is 5.73 Å². The van der Waals surface area contributed by atoms with E-state index in [4.69, 9.17) is 10.5 Å². The maximum absolute atomic E-state index is 6.12. The Bertz CT molecular complexity index is 318. The largest absolute Gasteiger partial charge is 0.378 e. The summed E-state index contributed by atoms with van der Waals surface area (Å²) in [5.74, 6) is 0. The van der Waals surface area contributed by atoms with Crippen LogP contribution in [0.2, 0.25) is 0 Å². The minimum Gasteiger partial charge on any atom is -0.378 e.